The summed E-state index contributed by atoms with van der Waals surface area (Å²) in [6.07, 6.45) is -3.26. The largest absolute Gasteiger partial charge is 0.481 e. The van der Waals surface area contributed by atoms with Crippen LogP contribution < -0.4 is 0 Å². The van der Waals surface area contributed by atoms with Crippen LogP contribution in [-0.2, 0) is 30.4 Å². The smallest absolute Gasteiger partial charge is 0.416 e. The van der Waals surface area contributed by atoms with Crippen LogP contribution in [0, 0.1) is 11.7 Å². The summed E-state index contributed by atoms with van der Waals surface area (Å²) >= 11 is 0. The van der Waals surface area contributed by atoms with Gasteiger partial charge in [-0.05, 0) is 48.1 Å². The van der Waals surface area contributed by atoms with Crippen molar-refractivity contribution in [1.29, 1.82) is 0 Å². The lowest BCUT2D eigenvalue weighted by Gasteiger charge is -2.25. The van der Waals surface area contributed by atoms with E-state index in [1.54, 1.807) is 0 Å². The number of carboxylic acids is 1. The minimum Gasteiger partial charge on any atom is -0.481 e. The summed E-state index contributed by atoms with van der Waals surface area (Å²) in [5.41, 5.74) is 1.70. The van der Waals surface area contributed by atoms with Gasteiger partial charge in [0.15, 0.2) is 0 Å². The highest BCUT2D eigenvalue weighted by molar-refractivity contribution is 5.86. The van der Waals surface area contributed by atoms with Crippen molar-refractivity contribution in [3.8, 4) is 0 Å². The van der Waals surface area contributed by atoms with Crippen molar-refractivity contribution in [2.24, 2.45) is 5.92 Å². The molecule has 0 radical (unpaired) electrons. The molecule has 0 spiro atoms. The second kappa shape index (κ2) is 7.21. The van der Waals surface area contributed by atoms with Crippen LogP contribution in [0.3, 0.4) is 0 Å². The Hall–Kier alpha value is -2.83. The van der Waals surface area contributed by atoms with Crippen molar-refractivity contribution in [3.05, 3.63) is 70.7 Å². The number of hydrogen-bond donors (Lipinski definition) is 1. The number of nitrogens with zero attached hydrogens (tertiary/aromatic N) is 1. The predicted molar refractivity (Wildman–Crippen MR) is 100 cm³/mol. The molecule has 4 rings (SSSR count). The number of hydrogen-bond acceptors (Lipinski definition) is 1. The number of carbonyl (C=O) groups is 1. The second-order valence-corrected chi connectivity index (χ2v) is 7.53. The third kappa shape index (κ3) is 3.73. The number of aliphatic carboxylic acids is 1. The lowest BCUT2D eigenvalue weighted by Crippen LogP contribution is -2.22. The van der Waals surface area contributed by atoms with Crippen LogP contribution >= 0.6 is 0 Å². The lowest BCUT2D eigenvalue weighted by molar-refractivity contribution is -0.139. The third-order valence-corrected chi connectivity index (χ3v) is 5.63. The Morgan fingerprint density at radius 3 is 2.66 bits per heavy atom. The molecule has 3 aromatic rings. The van der Waals surface area contributed by atoms with E-state index in [-0.39, 0.29) is 24.3 Å². The van der Waals surface area contributed by atoms with Crippen LogP contribution in [0.15, 0.2) is 42.5 Å². The molecule has 3 nitrogen and oxygen atoms in total. The Labute approximate surface area is 164 Å². The number of carboxylic acid groups (broad SMARTS) is 1. The number of para-hydroxylation sites is 1. The van der Waals surface area contributed by atoms with Gasteiger partial charge in [-0.25, -0.2) is 4.39 Å². The number of aromatic nitrogens is 1. The average Bonchev–Trinajstić information content (AvgIpc) is 2.95. The lowest BCUT2D eigenvalue weighted by atomic mass is 9.91. The fraction of sp³-hybridized carbons (Fsp3) is 0.318. The van der Waals surface area contributed by atoms with Gasteiger partial charge in [0.05, 0.1) is 5.56 Å². The molecular formula is C22H19F4NO2. The second-order valence-electron chi connectivity index (χ2n) is 7.53. The van der Waals surface area contributed by atoms with Gasteiger partial charge in [0.1, 0.15) is 5.82 Å². The molecule has 152 valence electrons. The molecule has 2 aromatic carbocycles. The zero-order chi connectivity index (χ0) is 20.8. The van der Waals surface area contributed by atoms with Crippen molar-refractivity contribution in [2.75, 3.05) is 0 Å². The van der Waals surface area contributed by atoms with Gasteiger partial charge in [-0.2, -0.15) is 13.2 Å². The fourth-order valence-corrected chi connectivity index (χ4v) is 4.38. The van der Waals surface area contributed by atoms with Gasteiger partial charge in [0, 0.05) is 36.0 Å². The van der Waals surface area contributed by atoms with Gasteiger partial charge in [0.25, 0.3) is 0 Å². The van der Waals surface area contributed by atoms with Crippen LogP contribution in [-0.4, -0.2) is 15.6 Å². The molecule has 0 fully saturated rings. The summed E-state index contributed by atoms with van der Waals surface area (Å²) in [5.74, 6) is -1.78. The van der Waals surface area contributed by atoms with Crippen molar-refractivity contribution >= 4 is 16.9 Å². The molecule has 2 heterocycles. The first-order chi connectivity index (χ1) is 13.7. The quantitative estimate of drug-likeness (QED) is 0.589. The van der Waals surface area contributed by atoms with Gasteiger partial charge in [0.2, 0.25) is 0 Å². The third-order valence-electron chi connectivity index (χ3n) is 5.63. The van der Waals surface area contributed by atoms with Crippen LogP contribution in [0.1, 0.15) is 35.2 Å². The Morgan fingerprint density at radius 1 is 1.17 bits per heavy atom. The van der Waals surface area contributed by atoms with E-state index < -0.39 is 23.5 Å². The Kier molecular flexibility index (Phi) is 4.84. The van der Waals surface area contributed by atoms with E-state index in [4.69, 9.17) is 5.11 Å². The van der Waals surface area contributed by atoms with Crippen molar-refractivity contribution in [2.45, 2.75) is 38.4 Å². The van der Waals surface area contributed by atoms with Crippen LogP contribution in [0.2, 0.25) is 0 Å². The monoisotopic (exact) mass is 405 g/mol. The minimum atomic E-state index is -4.64. The molecule has 1 atom stereocenters. The van der Waals surface area contributed by atoms with Gasteiger partial charge in [-0.1, -0.05) is 24.3 Å². The first-order valence-electron chi connectivity index (χ1n) is 9.40. The SMILES string of the molecule is O=C(O)CC1CCc2c(Cc3ccc(F)cc3C(F)(F)F)c3ccccc3n2C1. The van der Waals surface area contributed by atoms with Gasteiger partial charge < -0.3 is 9.67 Å². The molecule has 1 aliphatic heterocycles. The molecule has 0 aliphatic carbocycles. The zero-order valence-electron chi connectivity index (χ0n) is 15.5. The van der Waals surface area contributed by atoms with E-state index in [9.17, 15) is 22.4 Å². The number of rotatable bonds is 4. The topological polar surface area (TPSA) is 42.2 Å². The number of fused-ring (bicyclic) bond motifs is 3. The Morgan fingerprint density at radius 2 is 1.93 bits per heavy atom. The average molecular weight is 405 g/mol. The summed E-state index contributed by atoms with van der Waals surface area (Å²) in [7, 11) is 0. The normalized spacial score (nSPS) is 16.8. The molecule has 1 aromatic heterocycles. The number of benzene rings is 2. The fourth-order valence-electron chi connectivity index (χ4n) is 4.38. The maximum Gasteiger partial charge on any atom is 0.416 e. The Balaban J connectivity index is 1.80. The van der Waals surface area contributed by atoms with E-state index in [1.165, 1.54) is 6.07 Å². The molecule has 1 aliphatic rings. The summed E-state index contributed by atoms with van der Waals surface area (Å²) in [5, 5.41) is 9.97. The first kappa shape index (κ1) is 19.5. The van der Waals surface area contributed by atoms with Crippen molar-refractivity contribution in [3.63, 3.8) is 0 Å². The van der Waals surface area contributed by atoms with Crippen LogP contribution in [0.5, 0.6) is 0 Å². The maximum absolute atomic E-state index is 13.5. The van der Waals surface area contributed by atoms with E-state index in [0.29, 0.717) is 25.5 Å². The molecular weight excluding hydrogens is 386 g/mol. The highest BCUT2D eigenvalue weighted by Gasteiger charge is 2.34. The van der Waals surface area contributed by atoms with Gasteiger partial charge >= 0.3 is 12.1 Å². The zero-order valence-corrected chi connectivity index (χ0v) is 15.5. The molecule has 7 heteroatoms. The maximum atomic E-state index is 13.5. The van der Waals surface area contributed by atoms with Crippen molar-refractivity contribution in [1.82, 2.24) is 4.57 Å². The molecule has 0 saturated carbocycles. The molecule has 0 saturated heterocycles. The van der Waals surface area contributed by atoms with Gasteiger partial charge in [-0.15, -0.1) is 0 Å². The molecule has 0 bridgehead atoms. The first-order valence-corrected chi connectivity index (χ1v) is 9.40. The van der Waals surface area contributed by atoms with Crippen molar-refractivity contribution < 1.29 is 27.5 Å². The summed E-state index contributed by atoms with van der Waals surface area (Å²) in [6.45, 7) is 0.525. The standard InChI is InChI=1S/C22H19F4NO2/c23-15-7-6-14(18(11-15)22(24,25)26)10-17-16-3-1-2-4-19(16)27-12-13(9-21(28)29)5-8-20(17)27/h1-4,6-7,11,13H,5,8-10,12H2,(H,28,29). The number of alkyl halides is 3. The van der Waals surface area contributed by atoms with Crippen LogP contribution in [0.4, 0.5) is 17.6 Å². The van der Waals surface area contributed by atoms with Crippen LogP contribution in [0.25, 0.3) is 10.9 Å². The molecule has 29 heavy (non-hydrogen) atoms. The van der Waals surface area contributed by atoms with E-state index >= 15 is 0 Å². The summed E-state index contributed by atoms with van der Waals surface area (Å²) in [4.78, 5) is 11.1. The highest BCUT2D eigenvalue weighted by atomic mass is 19.4. The minimum absolute atomic E-state index is 0.0137. The summed E-state index contributed by atoms with van der Waals surface area (Å²) in [6, 6.07) is 10.3. The highest BCUT2D eigenvalue weighted by Crippen LogP contribution is 2.38. The Bertz CT molecular complexity index is 1080. The summed E-state index contributed by atoms with van der Waals surface area (Å²) < 4.78 is 55.9. The van der Waals surface area contributed by atoms with Gasteiger partial charge in [-0.3, -0.25) is 4.79 Å². The number of halogens is 4. The molecule has 0 amide bonds. The van der Waals surface area contributed by atoms with E-state index in [2.05, 4.69) is 0 Å². The molecule has 1 N–H and O–H groups in total. The van der Waals surface area contributed by atoms with E-state index in [1.807, 2.05) is 28.8 Å². The molecule has 1 unspecified atom stereocenters. The predicted octanol–water partition coefficient (Wildman–Crippen LogP) is 5.43. The van der Waals surface area contributed by atoms with E-state index in [0.717, 1.165) is 28.2 Å².